The van der Waals surface area contributed by atoms with Gasteiger partial charge in [0.05, 0.1) is 12.7 Å². The van der Waals surface area contributed by atoms with E-state index in [1.54, 1.807) is 19.1 Å². The fourth-order valence-electron chi connectivity index (χ4n) is 1.78. The number of methoxy groups -OCH3 is 1. The molecule has 0 bridgehead atoms. The van der Waals surface area contributed by atoms with E-state index in [0.29, 0.717) is 5.56 Å². The predicted octanol–water partition coefficient (Wildman–Crippen LogP) is 3.10. The summed E-state index contributed by atoms with van der Waals surface area (Å²) in [4.78, 5) is 12.0. The largest absolute Gasteiger partial charge is 0.507 e. The van der Waals surface area contributed by atoms with E-state index in [4.69, 9.17) is 4.74 Å². The third kappa shape index (κ3) is 2.71. The topological polar surface area (TPSA) is 58.6 Å². The number of amides is 1. The van der Waals surface area contributed by atoms with Crippen molar-refractivity contribution >= 4 is 11.6 Å². The molecule has 2 rings (SSSR count). The number of anilines is 1. The number of rotatable bonds is 3. The number of para-hydroxylation sites is 1. The lowest BCUT2D eigenvalue weighted by Crippen LogP contribution is -2.12. The van der Waals surface area contributed by atoms with E-state index in [-0.39, 0.29) is 22.7 Å². The Bertz CT molecular complexity index is 656. The van der Waals surface area contributed by atoms with Gasteiger partial charge in [0, 0.05) is 11.8 Å². The van der Waals surface area contributed by atoms with Gasteiger partial charge in [0.25, 0.3) is 5.91 Å². The zero-order chi connectivity index (χ0) is 14.7. The van der Waals surface area contributed by atoms with Crippen molar-refractivity contribution in [1.29, 1.82) is 0 Å². The summed E-state index contributed by atoms with van der Waals surface area (Å²) in [5.74, 6) is -1.06. The minimum absolute atomic E-state index is 0.0843. The van der Waals surface area contributed by atoms with Crippen molar-refractivity contribution in [3.8, 4) is 11.5 Å². The van der Waals surface area contributed by atoms with E-state index in [1.165, 1.54) is 25.3 Å². The number of aromatic hydroxyl groups is 1. The average Bonchev–Trinajstić information content (AvgIpc) is 2.42. The second-order valence-corrected chi connectivity index (χ2v) is 4.27. The molecule has 0 unspecified atom stereocenters. The van der Waals surface area contributed by atoms with Crippen LogP contribution in [0, 0.1) is 12.7 Å². The van der Waals surface area contributed by atoms with E-state index in [0.717, 1.165) is 6.07 Å². The number of halogens is 1. The standard InChI is InChI=1S/C15H14FNO3/c1-9-4-3-5-11(14(9)18)15(19)17-10-6-7-13(20-2)12(16)8-10/h3-8,18H,1-2H3,(H,17,19). The van der Waals surface area contributed by atoms with Crippen LogP contribution in [0.2, 0.25) is 0 Å². The van der Waals surface area contributed by atoms with Crippen molar-refractivity contribution < 1.29 is 19.0 Å². The van der Waals surface area contributed by atoms with Gasteiger partial charge in [-0.15, -0.1) is 0 Å². The van der Waals surface area contributed by atoms with Crippen LogP contribution < -0.4 is 10.1 Å². The van der Waals surface area contributed by atoms with Crippen molar-refractivity contribution in [3.05, 3.63) is 53.3 Å². The smallest absolute Gasteiger partial charge is 0.259 e. The summed E-state index contributed by atoms with van der Waals surface area (Å²) >= 11 is 0. The summed E-state index contributed by atoms with van der Waals surface area (Å²) in [6.07, 6.45) is 0. The van der Waals surface area contributed by atoms with E-state index in [2.05, 4.69) is 5.32 Å². The van der Waals surface area contributed by atoms with Crippen LogP contribution in [-0.2, 0) is 0 Å². The average molecular weight is 275 g/mol. The van der Waals surface area contributed by atoms with Gasteiger partial charge in [0.1, 0.15) is 5.75 Å². The van der Waals surface area contributed by atoms with Crippen molar-refractivity contribution in [2.24, 2.45) is 0 Å². The first-order chi connectivity index (χ1) is 9.52. The van der Waals surface area contributed by atoms with Crippen LogP contribution in [0.5, 0.6) is 11.5 Å². The number of carbonyl (C=O) groups is 1. The molecule has 0 fully saturated rings. The third-order valence-electron chi connectivity index (χ3n) is 2.89. The Morgan fingerprint density at radius 3 is 2.70 bits per heavy atom. The summed E-state index contributed by atoms with van der Waals surface area (Å²) < 4.78 is 18.3. The first kappa shape index (κ1) is 13.9. The fraction of sp³-hybridized carbons (Fsp3) is 0.133. The third-order valence-corrected chi connectivity index (χ3v) is 2.89. The minimum atomic E-state index is -0.571. The molecular weight excluding hydrogens is 261 g/mol. The van der Waals surface area contributed by atoms with Gasteiger partial charge in [0.15, 0.2) is 11.6 Å². The molecule has 0 aliphatic rings. The maximum Gasteiger partial charge on any atom is 0.259 e. The minimum Gasteiger partial charge on any atom is -0.507 e. The quantitative estimate of drug-likeness (QED) is 0.905. The van der Waals surface area contributed by atoms with Gasteiger partial charge >= 0.3 is 0 Å². The highest BCUT2D eigenvalue weighted by molar-refractivity contribution is 6.06. The Morgan fingerprint density at radius 1 is 1.30 bits per heavy atom. The molecule has 104 valence electrons. The second-order valence-electron chi connectivity index (χ2n) is 4.27. The molecule has 1 amide bonds. The van der Waals surface area contributed by atoms with Gasteiger partial charge in [-0.1, -0.05) is 12.1 Å². The lowest BCUT2D eigenvalue weighted by molar-refractivity contribution is 0.102. The van der Waals surface area contributed by atoms with E-state index in [1.807, 2.05) is 0 Å². The van der Waals surface area contributed by atoms with Gasteiger partial charge < -0.3 is 15.2 Å². The molecule has 0 aromatic heterocycles. The first-order valence-corrected chi connectivity index (χ1v) is 5.96. The van der Waals surface area contributed by atoms with Crippen LogP contribution >= 0.6 is 0 Å². The van der Waals surface area contributed by atoms with Crippen molar-refractivity contribution in [2.45, 2.75) is 6.92 Å². The number of phenols is 1. The van der Waals surface area contributed by atoms with Crippen LogP contribution in [-0.4, -0.2) is 18.1 Å². The molecule has 0 heterocycles. The maximum atomic E-state index is 13.5. The van der Waals surface area contributed by atoms with Crippen molar-refractivity contribution in [1.82, 2.24) is 0 Å². The van der Waals surface area contributed by atoms with Crippen LogP contribution in [0.15, 0.2) is 36.4 Å². The Hall–Kier alpha value is -2.56. The van der Waals surface area contributed by atoms with Crippen molar-refractivity contribution in [2.75, 3.05) is 12.4 Å². The van der Waals surface area contributed by atoms with Crippen LogP contribution in [0.25, 0.3) is 0 Å². The monoisotopic (exact) mass is 275 g/mol. The highest BCUT2D eigenvalue weighted by Crippen LogP contribution is 2.24. The van der Waals surface area contributed by atoms with Gasteiger partial charge in [-0.25, -0.2) is 4.39 Å². The summed E-state index contributed by atoms with van der Waals surface area (Å²) in [5, 5.41) is 12.4. The van der Waals surface area contributed by atoms with E-state index in [9.17, 15) is 14.3 Å². The van der Waals surface area contributed by atoms with Gasteiger partial charge in [-0.05, 0) is 30.7 Å². The number of nitrogens with one attached hydrogen (secondary N) is 1. The molecule has 0 spiro atoms. The number of aryl methyl sites for hydroxylation is 1. The van der Waals surface area contributed by atoms with Gasteiger partial charge in [-0.2, -0.15) is 0 Å². The normalized spacial score (nSPS) is 10.2. The lowest BCUT2D eigenvalue weighted by atomic mass is 10.1. The Morgan fingerprint density at radius 2 is 2.05 bits per heavy atom. The Kier molecular flexibility index (Phi) is 3.89. The first-order valence-electron chi connectivity index (χ1n) is 5.96. The molecular formula is C15H14FNO3. The molecule has 0 aliphatic carbocycles. The molecule has 0 atom stereocenters. The van der Waals surface area contributed by atoms with Gasteiger partial charge in [-0.3, -0.25) is 4.79 Å². The number of benzene rings is 2. The van der Waals surface area contributed by atoms with Crippen LogP contribution in [0.3, 0.4) is 0 Å². The SMILES string of the molecule is COc1ccc(NC(=O)c2cccc(C)c2O)cc1F. The Balaban J connectivity index is 2.24. The second kappa shape index (κ2) is 5.61. The summed E-state index contributed by atoms with van der Waals surface area (Å²) in [6.45, 7) is 1.69. The van der Waals surface area contributed by atoms with Crippen molar-refractivity contribution in [3.63, 3.8) is 0 Å². The molecule has 0 saturated carbocycles. The molecule has 4 nitrogen and oxygen atoms in total. The molecule has 0 radical (unpaired) electrons. The molecule has 0 saturated heterocycles. The summed E-state index contributed by atoms with van der Waals surface area (Å²) in [7, 11) is 1.36. The van der Waals surface area contributed by atoms with Crippen LogP contribution in [0.4, 0.5) is 10.1 Å². The van der Waals surface area contributed by atoms with E-state index < -0.39 is 11.7 Å². The molecule has 2 N–H and O–H groups in total. The molecule has 2 aromatic rings. The number of carbonyl (C=O) groups excluding carboxylic acids is 1. The van der Waals surface area contributed by atoms with Crippen LogP contribution in [0.1, 0.15) is 15.9 Å². The number of hydrogen-bond donors (Lipinski definition) is 2. The molecule has 20 heavy (non-hydrogen) atoms. The number of ether oxygens (including phenoxy) is 1. The van der Waals surface area contributed by atoms with Gasteiger partial charge in [0.2, 0.25) is 0 Å². The fourth-order valence-corrected chi connectivity index (χ4v) is 1.78. The zero-order valence-corrected chi connectivity index (χ0v) is 11.1. The maximum absolute atomic E-state index is 13.5. The van der Waals surface area contributed by atoms with E-state index >= 15 is 0 Å². The lowest BCUT2D eigenvalue weighted by Gasteiger charge is -2.09. The zero-order valence-electron chi connectivity index (χ0n) is 11.1. The highest BCUT2D eigenvalue weighted by atomic mass is 19.1. The molecule has 0 aliphatic heterocycles. The summed E-state index contributed by atoms with van der Waals surface area (Å²) in [6, 6.07) is 8.95. The number of phenolic OH excluding ortho intramolecular Hbond substituents is 1. The summed E-state index contributed by atoms with van der Waals surface area (Å²) in [5.41, 5.74) is 1.02. The Labute approximate surface area is 115 Å². The molecule has 5 heteroatoms. The number of hydrogen-bond acceptors (Lipinski definition) is 3. The highest BCUT2D eigenvalue weighted by Gasteiger charge is 2.13. The molecule has 2 aromatic carbocycles. The predicted molar refractivity (Wildman–Crippen MR) is 73.7 cm³/mol.